The summed E-state index contributed by atoms with van der Waals surface area (Å²) in [6.45, 7) is 2.11. The Bertz CT molecular complexity index is 354. The topological polar surface area (TPSA) is 64.5 Å². The quantitative estimate of drug-likeness (QED) is 0.740. The molecule has 1 aromatic carbocycles. The zero-order valence-corrected chi connectivity index (χ0v) is 8.94. The second-order valence-electron chi connectivity index (χ2n) is 3.84. The number of fused-ring (bicyclic) bond motifs is 1. The number of hydrogen-bond acceptors (Lipinski definition) is 4. The van der Waals surface area contributed by atoms with Crippen molar-refractivity contribution in [2.24, 2.45) is 11.5 Å². The molecule has 0 bridgehead atoms. The Morgan fingerprint density at radius 2 is 2.33 bits per heavy atom. The Morgan fingerprint density at radius 3 is 3.07 bits per heavy atom. The maximum Gasteiger partial charge on any atom is 0.143 e. The molecule has 1 atom stereocenters. The van der Waals surface area contributed by atoms with Crippen LogP contribution in [0.25, 0.3) is 0 Å². The van der Waals surface area contributed by atoms with Gasteiger partial charge in [-0.15, -0.1) is 0 Å². The number of likely N-dealkylation sites (N-methyl/N-ethyl adjacent to an activating group) is 1. The summed E-state index contributed by atoms with van der Waals surface area (Å²) in [7, 11) is 2.06. The predicted molar refractivity (Wildman–Crippen MR) is 61.2 cm³/mol. The van der Waals surface area contributed by atoms with Gasteiger partial charge in [0.2, 0.25) is 0 Å². The number of nitrogens with two attached hydrogens (primary N) is 2. The Hall–Kier alpha value is -1.26. The molecule has 0 radical (unpaired) electrons. The van der Waals surface area contributed by atoms with Gasteiger partial charge in [-0.2, -0.15) is 0 Å². The lowest BCUT2D eigenvalue weighted by Gasteiger charge is -2.28. The largest absolute Gasteiger partial charge is 0.490 e. The molecule has 0 spiro atoms. The minimum absolute atomic E-state index is 0.105. The summed E-state index contributed by atoms with van der Waals surface area (Å²) in [6, 6.07) is 5.94. The molecule has 15 heavy (non-hydrogen) atoms. The number of hydrogen-bond donors (Lipinski definition) is 2. The molecule has 0 fully saturated rings. The van der Waals surface area contributed by atoms with Crippen LogP contribution in [-0.4, -0.2) is 26.7 Å². The number of rotatable bonds is 2. The molecule has 1 aromatic rings. The van der Waals surface area contributed by atoms with E-state index < -0.39 is 0 Å². The standard InChI is InChI=1S/C11H17N3O/c1-14-4-5-15-11-6-8(9(13)7-12)2-3-10(11)14/h2-3,6,9H,4-5,7,12-13H2,1H3. The normalized spacial score (nSPS) is 16.9. The van der Waals surface area contributed by atoms with Gasteiger partial charge in [-0.3, -0.25) is 0 Å². The number of nitrogens with zero attached hydrogens (tertiary/aromatic N) is 1. The molecule has 0 amide bonds. The lowest BCUT2D eigenvalue weighted by molar-refractivity contribution is 0.311. The predicted octanol–water partition coefficient (Wildman–Crippen LogP) is 0.474. The molecular formula is C11H17N3O. The molecular weight excluding hydrogens is 190 g/mol. The minimum Gasteiger partial charge on any atom is -0.490 e. The molecule has 4 heteroatoms. The first kappa shape index (κ1) is 10.3. The van der Waals surface area contributed by atoms with Crippen molar-refractivity contribution in [3.63, 3.8) is 0 Å². The van der Waals surface area contributed by atoms with E-state index >= 15 is 0 Å². The molecule has 0 aliphatic carbocycles. The molecule has 0 aromatic heterocycles. The highest BCUT2D eigenvalue weighted by molar-refractivity contribution is 5.60. The highest BCUT2D eigenvalue weighted by Crippen LogP contribution is 2.32. The molecule has 4 N–H and O–H groups in total. The van der Waals surface area contributed by atoms with E-state index in [9.17, 15) is 0 Å². The number of anilines is 1. The van der Waals surface area contributed by atoms with Crippen molar-refractivity contribution in [1.29, 1.82) is 0 Å². The van der Waals surface area contributed by atoms with Gasteiger partial charge in [0.05, 0.1) is 12.2 Å². The third-order valence-corrected chi connectivity index (χ3v) is 2.76. The summed E-state index contributed by atoms with van der Waals surface area (Å²) in [5, 5.41) is 0. The van der Waals surface area contributed by atoms with Crippen LogP contribution in [0.5, 0.6) is 5.75 Å². The monoisotopic (exact) mass is 207 g/mol. The Morgan fingerprint density at radius 1 is 1.53 bits per heavy atom. The van der Waals surface area contributed by atoms with Crippen molar-refractivity contribution in [1.82, 2.24) is 0 Å². The first-order valence-electron chi connectivity index (χ1n) is 5.16. The van der Waals surface area contributed by atoms with Gasteiger partial charge < -0.3 is 21.1 Å². The van der Waals surface area contributed by atoms with Gasteiger partial charge in [0.15, 0.2) is 0 Å². The van der Waals surface area contributed by atoms with Crippen molar-refractivity contribution in [3.8, 4) is 5.75 Å². The molecule has 1 aliphatic rings. The summed E-state index contributed by atoms with van der Waals surface area (Å²) in [5.74, 6) is 0.908. The molecule has 1 heterocycles. The zero-order chi connectivity index (χ0) is 10.8. The fraction of sp³-hybridized carbons (Fsp3) is 0.455. The third kappa shape index (κ3) is 1.91. The van der Waals surface area contributed by atoms with E-state index in [2.05, 4.69) is 11.9 Å². The van der Waals surface area contributed by atoms with Crippen molar-refractivity contribution in [2.75, 3.05) is 31.6 Å². The van der Waals surface area contributed by atoms with Crippen LogP contribution in [0, 0.1) is 0 Å². The molecule has 1 unspecified atom stereocenters. The van der Waals surface area contributed by atoms with E-state index in [0.717, 1.165) is 30.2 Å². The van der Waals surface area contributed by atoms with Gasteiger partial charge in [0, 0.05) is 19.6 Å². The van der Waals surface area contributed by atoms with E-state index in [-0.39, 0.29) is 6.04 Å². The summed E-state index contributed by atoms with van der Waals surface area (Å²) < 4.78 is 5.59. The van der Waals surface area contributed by atoms with E-state index in [1.807, 2.05) is 18.2 Å². The van der Waals surface area contributed by atoms with E-state index in [0.29, 0.717) is 6.54 Å². The van der Waals surface area contributed by atoms with E-state index in [1.165, 1.54) is 0 Å². The smallest absolute Gasteiger partial charge is 0.143 e. The van der Waals surface area contributed by atoms with E-state index in [4.69, 9.17) is 16.2 Å². The van der Waals surface area contributed by atoms with Gasteiger partial charge in [-0.1, -0.05) is 6.07 Å². The summed E-state index contributed by atoms with van der Waals surface area (Å²) >= 11 is 0. The van der Waals surface area contributed by atoms with Gasteiger partial charge in [0.25, 0.3) is 0 Å². The second-order valence-corrected chi connectivity index (χ2v) is 3.84. The molecule has 2 rings (SSSR count). The first-order valence-corrected chi connectivity index (χ1v) is 5.16. The third-order valence-electron chi connectivity index (χ3n) is 2.76. The Balaban J connectivity index is 2.33. The molecule has 4 nitrogen and oxygen atoms in total. The van der Waals surface area contributed by atoms with Gasteiger partial charge in [-0.05, 0) is 17.7 Å². The number of ether oxygens (including phenoxy) is 1. The van der Waals surface area contributed by atoms with Crippen molar-refractivity contribution in [3.05, 3.63) is 23.8 Å². The van der Waals surface area contributed by atoms with Crippen LogP contribution >= 0.6 is 0 Å². The maximum absolute atomic E-state index is 5.87. The average Bonchev–Trinajstić information content (AvgIpc) is 2.28. The molecule has 0 saturated heterocycles. The minimum atomic E-state index is -0.105. The fourth-order valence-corrected chi connectivity index (χ4v) is 1.74. The summed E-state index contributed by atoms with van der Waals surface area (Å²) in [4.78, 5) is 2.18. The lowest BCUT2D eigenvalue weighted by Crippen LogP contribution is -2.29. The number of benzene rings is 1. The molecule has 0 saturated carbocycles. The maximum atomic E-state index is 5.87. The molecule has 1 aliphatic heterocycles. The van der Waals surface area contributed by atoms with Gasteiger partial charge >= 0.3 is 0 Å². The van der Waals surface area contributed by atoms with Gasteiger partial charge in [0.1, 0.15) is 12.4 Å². The highest BCUT2D eigenvalue weighted by atomic mass is 16.5. The van der Waals surface area contributed by atoms with Crippen LogP contribution in [0.2, 0.25) is 0 Å². The van der Waals surface area contributed by atoms with Crippen LogP contribution < -0.4 is 21.1 Å². The average molecular weight is 207 g/mol. The SMILES string of the molecule is CN1CCOc2cc(C(N)CN)ccc21. The van der Waals surface area contributed by atoms with Crippen molar-refractivity contribution >= 4 is 5.69 Å². The van der Waals surface area contributed by atoms with Gasteiger partial charge in [-0.25, -0.2) is 0 Å². The highest BCUT2D eigenvalue weighted by Gasteiger charge is 2.16. The van der Waals surface area contributed by atoms with Crippen LogP contribution in [-0.2, 0) is 0 Å². The van der Waals surface area contributed by atoms with Crippen LogP contribution in [0.15, 0.2) is 18.2 Å². The summed E-state index contributed by atoms with van der Waals surface area (Å²) in [6.07, 6.45) is 0. The fourth-order valence-electron chi connectivity index (χ4n) is 1.74. The Labute approximate surface area is 89.8 Å². The van der Waals surface area contributed by atoms with Crippen LogP contribution in [0.3, 0.4) is 0 Å². The zero-order valence-electron chi connectivity index (χ0n) is 8.94. The Kier molecular flexibility index (Phi) is 2.79. The molecule has 82 valence electrons. The summed E-state index contributed by atoms with van der Waals surface area (Å²) in [5.41, 5.74) is 13.6. The second kappa shape index (κ2) is 4.08. The van der Waals surface area contributed by atoms with Crippen molar-refractivity contribution < 1.29 is 4.74 Å². The lowest BCUT2D eigenvalue weighted by atomic mass is 10.1. The van der Waals surface area contributed by atoms with Crippen LogP contribution in [0.1, 0.15) is 11.6 Å². The van der Waals surface area contributed by atoms with Crippen LogP contribution in [0.4, 0.5) is 5.69 Å². The first-order chi connectivity index (χ1) is 7.22. The van der Waals surface area contributed by atoms with Crippen molar-refractivity contribution in [2.45, 2.75) is 6.04 Å². The van der Waals surface area contributed by atoms with E-state index in [1.54, 1.807) is 0 Å².